The Hall–Kier alpha value is -0.130. The van der Waals surface area contributed by atoms with E-state index in [0.717, 1.165) is 0 Å². The van der Waals surface area contributed by atoms with E-state index in [0.29, 0.717) is 0 Å². The van der Waals surface area contributed by atoms with Crippen molar-refractivity contribution >= 4 is 9.84 Å². The summed E-state index contributed by atoms with van der Waals surface area (Å²) in [7, 11) is -3.03. The normalized spacial score (nSPS) is 17.8. The molecule has 0 rings (SSSR count). The van der Waals surface area contributed by atoms with Crippen LogP contribution in [0.5, 0.6) is 0 Å². The van der Waals surface area contributed by atoms with Crippen LogP contribution in [-0.2, 0) is 9.84 Å². The van der Waals surface area contributed by atoms with Crippen LogP contribution in [-0.4, -0.2) is 32.0 Å². The summed E-state index contributed by atoms with van der Waals surface area (Å²) in [5.41, 5.74) is 10.7. The molecule has 0 bridgehead atoms. The molecule has 0 radical (unpaired) electrons. The van der Waals surface area contributed by atoms with E-state index in [-0.39, 0.29) is 23.6 Å². The first-order valence-corrected chi connectivity index (χ1v) is 5.37. The molecule has 4 N–H and O–H groups in total. The average molecular weight is 180 g/mol. The zero-order valence-corrected chi connectivity index (χ0v) is 7.76. The van der Waals surface area contributed by atoms with Gasteiger partial charge < -0.3 is 11.5 Å². The molecule has 0 aliphatic rings. The zero-order chi connectivity index (χ0) is 9.07. The van der Waals surface area contributed by atoms with Gasteiger partial charge in [0.15, 0.2) is 9.84 Å². The van der Waals surface area contributed by atoms with Crippen molar-refractivity contribution in [3.8, 4) is 0 Å². The van der Waals surface area contributed by atoms with Gasteiger partial charge in [-0.2, -0.15) is 0 Å². The van der Waals surface area contributed by atoms with E-state index in [1.165, 1.54) is 0 Å². The number of hydrogen-bond acceptors (Lipinski definition) is 4. The molecule has 0 aromatic carbocycles. The molecule has 4 nitrogen and oxygen atoms in total. The summed E-state index contributed by atoms with van der Waals surface area (Å²) in [6.45, 7) is 3.33. The Bertz CT molecular complexity index is 181. The van der Waals surface area contributed by atoms with Crippen LogP contribution in [0.4, 0.5) is 0 Å². The van der Waals surface area contributed by atoms with Crippen LogP contribution >= 0.6 is 0 Å². The average Bonchev–Trinajstić information content (AvgIpc) is 1.53. The molecule has 0 spiro atoms. The highest BCUT2D eigenvalue weighted by molar-refractivity contribution is 7.91. The molecular weight excluding hydrogens is 164 g/mol. The van der Waals surface area contributed by atoms with Gasteiger partial charge in [-0.15, -0.1) is 0 Å². The number of nitrogens with two attached hydrogens (primary N) is 2. The van der Waals surface area contributed by atoms with Crippen LogP contribution in [0, 0.1) is 0 Å². The van der Waals surface area contributed by atoms with Gasteiger partial charge in [0.25, 0.3) is 0 Å². The predicted molar refractivity (Wildman–Crippen MR) is 46.0 cm³/mol. The number of sulfone groups is 1. The largest absolute Gasteiger partial charge is 0.327 e. The monoisotopic (exact) mass is 180 g/mol. The summed E-state index contributed by atoms with van der Waals surface area (Å²) in [5.74, 6) is 0.0447. The van der Waals surface area contributed by atoms with Crippen LogP contribution in [0.1, 0.15) is 13.8 Å². The fourth-order valence-electron chi connectivity index (χ4n) is 0.869. The minimum Gasteiger partial charge on any atom is -0.327 e. The first kappa shape index (κ1) is 10.9. The van der Waals surface area contributed by atoms with Crippen molar-refractivity contribution in [1.29, 1.82) is 0 Å². The van der Waals surface area contributed by atoms with E-state index in [1.807, 2.05) is 0 Å². The fraction of sp³-hybridized carbons (Fsp3) is 1.00. The SMILES string of the molecule is CC(N)CS(=O)(=O)CC(C)N. The van der Waals surface area contributed by atoms with E-state index in [4.69, 9.17) is 11.5 Å². The smallest absolute Gasteiger partial charge is 0.153 e. The van der Waals surface area contributed by atoms with Crippen LogP contribution in [0.15, 0.2) is 0 Å². The lowest BCUT2D eigenvalue weighted by atomic mass is 10.4. The van der Waals surface area contributed by atoms with Gasteiger partial charge in [-0.3, -0.25) is 0 Å². The second kappa shape index (κ2) is 4.04. The first-order valence-electron chi connectivity index (χ1n) is 3.55. The van der Waals surface area contributed by atoms with Gasteiger partial charge in [-0.25, -0.2) is 8.42 Å². The van der Waals surface area contributed by atoms with Crippen LogP contribution in [0.2, 0.25) is 0 Å². The van der Waals surface area contributed by atoms with Crippen LogP contribution in [0.3, 0.4) is 0 Å². The summed E-state index contributed by atoms with van der Waals surface area (Å²) in [6.07, 6.45) is 0. The topological polar surface area (TPSA) is 86.2 Å². The molecular formula is C6H16N2O2S. The third-order valence-corrected chi connectivity index (χ3v) is 3.10. The minimum atomic E-state index is -3.03. The van der Waals surface area contributed by atoms with Gasteiger partial charge in [-0.1, -0.05) is 0 Å². The minimum absolute atomic E-state index is 0.0224. The van der Waals surface area contributed by atoms with E-state index >= 15 is 0 Å². The summed E-state index contributed by atoms with van der Waals surface area (Å²) >= 11 is 0. The van der Waals surface area contributed by atoms with Gasteiger partial charge in [0, 0.05) is 12.1 Å². The molecule has 0 aliphatic heterocycles. The van der Waals surface area contributed by atoms with Crippen molar-refractivity contribution < 1.29 is 8.42 Å². The van der Waals surface area contributed by atoms with Crippen LogP contribution < -0.4 is 11.5 Å². The van der Waals surface area contributed by atoms with Crippen molar-refractivity contribution in [2.24, 2.45) is 11.5 Å². The molecule has 0 saturated heterocycles. The van der Waals surface area contributed by atoms with Gasteiger partial charge in [0.1, 0.15) is 0 Å². The maximum Gasteiger partial charge on any atom is 0.153 e. The maximum absolute atomic E-state index is 11.1. The molecule has 0 amide bonds. The Kier molecular flexibility index (Phi) is 3.99. The molecule has 11 heavy (non-hydrogen) atoms. The Labute approximate surface area is 67.9 Å². The highest BCUT2D eigenvalue weighted by atomic mass is 32.2. The van der Waals surface area contributed by atoms with Crippen molar-refractivity contribution in [1.82, 2.24) is 0 Å². The summed E-state index contributed by atoms with van der Waals surface area (Å²) in [6, 6.07) is -0.613. The third kappa shape index (κ3) is 6.28. The van der Waals surface area contributed by atoms with Crippen molar-refractivity contribution in [2.75, 3.05) is 11.5 Å². The third-order valence-electron chi connectivity index (χ3n) is 1.03. The summed E-state index contributed by atoms with van der Waals surface area (Å²) in [4.78, 5) is 0. The molecule has 0 aliphatic carbocycles. The highest BCUT2D eigenvalue weighted by Gasteiger charge is 2.14. The summed E-state index contributed by atoms with van der Waals surface area (Å²) < 4.78 is 22.2. The zero-order valence-electron chi connectivity index (χ0n) is 6.95. The highest BCUT2D eigenvalue weighted by Crippen LogP contribution is 1.94. The molecule has 5 heteroatoms. The van der Waals surface area contributed by atoms with E-state index in [1.54, 1.807) is 13.8 Å². The van der Waals surface area contributed by atoms with Gasteiger partial charge >= 0.3 is 0 Å². The van der Waals surface area contributed by atoms with Crippen molar-refractivity contribution in [3.05, 3.63) is 0 Å². The Morgan fingerprint density at radius 1 is 1.09 bits per heavy atom. The molecule has 0 saturated carbocycles. The molecule has 68 valence electrons. The van der Waals surface area contributed by atoms with E-state index in [9.17, 15) is 8.42 Å². The molecule has 0 heterocycles. The number of hydrogen-bond donors (Lipinski definition) is 2. The Morgan fingerprint density at radius 3 is 1.55 bits per heavy atom. The lowest BCUT2D eigenvalue weighted by molar-refractivity contribution is 0.584. The van der Waals surface area contributed by atoms with Crippen molar-refractivity contribution in [3.63, 3.8) is 0 Å². The Morgan fingerprint density at radius 2 is 1.36 bits per heavy atom. The van der Waals surface area contributed by atoms with Gasteiger partial charge in [0.05, 0.1) is 11.5 Å². The van der Waals surface area contributed by atoms with E-state index in [2.05, 4.69) is 0 Å². The predicted octanol–water partition coefficient (Wildman–Crippen LogP) is -0.904. The Balaban J connectivity index is 4.03. The molecule has 0 fully saturated rings. The van der Waals surface area contributed by atoms with E-state index < -0.39 is 9.84 Å². The second-order valence-corrected chi connectivity index (χ2v) is 5.19. The lowest BCUT2D eigenvalue weighted by Crippen LogP contribution is -2.33. The molecule has 0 aromatic heterocycles. The van der Waals surface area contributed by atoms with Gasteiger partial charge in [-0.05, 0) is 13.8 Å². The number of rotatable bonds is 4. The summed E-state index contributed by atoms with van der Waals surface area (Å²) in [5, 5.41) is 0. The fourth-order valence-corrected chi connectivity index (χ4v) is 2.61. The quantitative estimate of drug-likeness (QED) is 0.587. The lowest BCUT2D eigenvalue weighted by Gasteiger charge is -2.08. The standard InChI is InChI=1S/C6H16N2O2S/c1-5(7)3-11(9,10)4-6(2)8/h5-6H,3-4,7-8H2,1-2H3. The van der Waals surface area contributed by atoms with Gasteiger partial charge in [0.2, 0.25) is 0 Å². The first-order chi connectivity index (χ1) is 4.83. The second-order valence-electron chi connectivity index (χ2n) is 3.03. The van der Waals surface area contributed by atoms with Crippen LogP contribution in [0.25, 0.3) is 0 Å². The molecule has 2 atom stereocenters. The van der Waals surface area contributed by atoms with Crippen molar-refractivity contribution in [2.45, 2.75) is 25.9 Å². The molecule has 2 unspecified atom stereocenters. The molecule has 0 aromatic rings. The maximum atomic E-state index is 11.1.